The van der Waals surface area contributed by atoms with Gasteiger partial charge in [0.2, 0.25) is 5.95 Å². The molecule has 12 heteroatoms. The van der Waals surface area contributed by atoms with Gasteiger partial charge in [-0.25, -0.2) is 28.3 Å². The van der Waals surface area contributed by atoms with Crippen molar-refractivity contribution in [2.24, 2.45) is 5.10 Å². The van der Waals surface area contributed by atoms with Gasteiger partial charge in [0.25, 0.3) is 0 Å². The van der Waals surface area contributed by atoms with Crippen molar-refractivity contribution in [1.82, 2.24) is 29.7 Å². The van der Waals surface area contributed by atoms with E-state index in [1.807, 2.05) is 11.0 Å². The van der Waals surface area contributed by atoms with Gasteiger partial charge < -0.3 is 9.80 Å². The maximum atomic E-state index is 14.4. The predicted molar refractivity (Wildman–Crippen MR) is 122 cm³/mol. The lowest BCUT2D eigenvalue weighted by atomic mass is 10.0. The third kappa shape index (κ3) is 4.28. The number of hydrogen-bond acceptors (Lipinski definition) is 7. The monoisotopic (exact) mass is 477 g/mol. The first-order valence-electron chi connectivity index (χ1n) is 11.0. The molecule has 0 N–H and O–H groups in total. The molecule has 10 nitrogen and oxygen atoms in total. The SMILES string of the molecule is Cc1ccnn1-c1nc(N2CCN(C(=O)N3N=CC[C@H]3c3cc(F)cc(C#N)c3)CC2)ncc1F. The fourth-order valence-corrected chi connectivity index (χ4v) is 4.23. The summed E-state index contributed by atoms with van der Waals surface area (Å²) >= 11 is 0. The number of halogens is 2. The minimum absolute atomic E-state index is 0.0667. The zero-order valence-corrected chi connectivity index (χ0v) is 18.8. The minimum Gasteiger partial charge on any atom is -0.337 e. The topological polar surface area (TPSA) is 107 Å². The van der Waals surface area contributed by atoms with Crippen LogP contribution >= 0.6 is 0 Å². The lowest BCUT2D eigenvalue weighted by Crippen LogP contribution is -2.52. The number of carbonyl (C=O) groups excluding carboxylic acids is 1. The fourth-order valence-electron chi connectivity index (χ4n) is 4.23. The number of carbonyl (C=O) groups is 1. The molecular weight excluding hydrogens is 456 g/mol. The Morgan fingerprint density at radius 3 is 2.69 bits per heavy atom. The van der Waals surface area contributed by atoms with Gasteiger partial charge in [-0.05, 0) is 36.8 Å². The number of hydrazone groups is 1. The number of rotatable bonds is 3. The molecule has 4 heterocycles. The maximum absolute atomic E-state index is 14.4. The summed E-state index contributed by atoms with van der Waals surface area (Å²) < 4.78 is 29.7. The number of hydrogen-bond donors (Lipinski definition) is 0. The van der Waals surface area contributed by atoms with Gasteiger partial charge in [0.05, 0.1) is 23.9 Å². The van der Waals surface area contributed by atoms with Gasteiger partial charge in [0.1, 0.15) is 5.82 Å². The second-order valence-corrected chi connectivity index (χ2v) is 8.26. The molecule has 0 bridgehead atoms. The third-order valence-corrected chi connectivity index (χ3v) is 6.04. The van der Waals surface area contributed by atoms with E-state index in [4.69, 9.17) is 5.26 Å². The normalized spacial score (nSPS) is 17.7. The van der Waals surface area contributed by atoms with Crippen molar-refractivity contribution in [1.29, 1.82) is 5.26 Å². The first kappa shape index (κ1) is 22.4. The Bertz CT molecular complexity index is 1340. The average molecular weight is 477 g/mol. The molecule has 2 aliphatic heterocycles. The second kappa shape index (κ2) is 9.09. The lowest BCUT2D eigenvalue weighted by molar-refractivity contribution is 0.139. The zero-order valence-electron chi connectivity index (χ0n) is 18.8. The summed E-state index contributed by atoms with van der Waals surface area (Å²) in [5.41, 5.74) is 1.45. The molecule has 0 aliphatic carbocycles. The Balaban J connectivity index is 1.28. The van der Waals surface area contributed by atoms with E-state index >= 15 is 0 Å². The Kier molecular flexibility index (Phi) is 5.82. The molecule has 0 radical (unpaired) electrons. The number of piperazine rings is 1. The number of nitrogens with zero attached hydrogens (tertiary/aromatic N) is 9. The standard InChI is InChI=1S/C23H21F2N9O/c1-15-2-4-28-33(15)21-19(25)14-27-22(30-21)31-6-8-32(9-7-31)23(35)34-20(3-5-29-34)17-10-16(13-26)11-18(24)12-17/h2,4-5,10-12,14,20H,3,6-9H2,1H3/t20-/m0/s1. The molecule has 35 heavy (non-hydrogen) atoms. The molecule has 178 valence electrons. The number of anilines is 1. The third-order valence-electron chi connectivity index (χ3n) is 6.04. The van der Waals surface area contributed by atoms with Gasteiger partial charge in [-0.1, -0.05) is 0 Å². The van der Waals surface area contributed by atoms with Crippen LogP contribution in [0.15, 0.2) is 41.8 Å². The zero-order chi connectivity index (χ0) is 24.5. The molecule has 0 saturated carbocycles. The maximum Gasteiger partial charge on any atom is 0.341 e. The molecule has 1 fully saturated rings. The van der Waals surface area contributed by atoms with E-state index in [1.54, 1.807) is 36.4 Å². The van der Waals surface area contributed by atoms with E-state index < -0.39 is 17.7 Å². The molecule has 2 amide bonds. The van der Waals surface area contributed by atoms with Crippen LogP contribution in [-0.4, -0.2) is 68.1 Å². The van der Waals surface area contributed by atoms with Crippen molar-refractivity contribution in [3.8, 4) is 11.9 Å². The predicted octanol–water partition coefficient (Wildman–Crippen LogP) is 2.80. The Morgan fingerprint density at radius 2 is 1.97 bits per heavy atom. The number of benzene rings is 1. The van der Waals surface area contributed by atoms with Gasteiger partial charge in [-0.3, -0.25) is 0 Å². The van der Waals surface area contributed by atoms with Crippen molar-refractivity contribution in [2.45, 2.75) is 19.4 Å². The summed E-state index contributed by atoms with van der Waals surface area (Å²) in [6.45, 7) is 3.44. The van der Waals surface area contributed by atoms with Gasteiger partial charge in [-0.2, -0.15) is 20.4 Å². The van der Waals surface area contributed by atoms with E-state index in [0.29, 0.717) is 44.1 Å². The number of amides is 2. The Labute approximate surface area is 199 Å². The summed E-state index contributed by atoms with van der Waals surface area (Å²) in [7, 11) is 0. The molecule has 1 saturated heterocycles. The molecule has 2 aromatic heterocycles. The molecule has 3 aromatic rings. The van der Waals surface area contributed by atoms with Crippen molar-refractivity contribution < 1.29 is 13.6 Å². The van der Waals surface area contributed by atoms with Crippen LogP contribution in [0.5, 0.6) is 0 Å². The van der Waals surface area contributed by atoms with Crippen molar-refractivity contribution in [3.63, 3.8) is 0 Å². The smallest absolute Gasteiger partial charge is 0.337 e. The van der Waals surface area contributed by atoms with Crippen molar-refractivity contribution >= 4 is 18.2 Å². The van der Waals surface area contributed by atoms with Gasteiger partial charge in [0, 0.05) is 50.7 Å². The summed E-state index contributed by atoms with van der Waals surface area (Å²) in [4.78, 5) is 25.2. The van der Waals surface area contributed by atoms with E-state index in [-0.39, 0.29) is 17.4 Å². The van der Waals surface area contributed by atoms with Crippen molar-refractivity contribution in [2.75, 3.05) is 31.1 Å². The summed E-state index contributed by atoms with van der Waals surface area (Å²) in [6.07, 6.45) is 4.73. The first-order valence-corrected chi connectivity index (χ1v) is 11.0. The molecule has 5 rings (SSSR count). The number of aryl methyl sites for hydroxylation is 1. The Hall–Kier alpha value is -4.40. The summed E-state index contributed by atoms with van der Waals surface area (Å²) in [6, 6.07) is 6.95. The molecule has 1 aromatic carbocycles. The fraction of sp³-hybridized carbons (Fsp3) is 0.304. The Morgan fingerprint density at radius 1 is 1.17 bits per heavy atom. The van der Waals surface area contributed by atoms with E-state index in [2.05, 4.69) is 20.2 Å². The quantitative estimate of drug-likeness (QED) is 0.574. The van der Waals surface area contributed by atoms with Gasteiger partial charge >= 0.3 is 6.03 Å². The van der Waals surface area contributed by atoms with Crippen LogP contribution in [-0.2, 0) is 0 Å². The van der Waals surface area contributed by atoms with E-state index in [9.17, 15) is 13.6 Å². The number of urea groups is 1. The highest BCUT2D eigenvalue weighted by Gasteiger charge is 2.34. The summed E-state index contributed by atoms with van der Waals surface area (Å²) in [5, 5.41) is 18.8. The highest BCUT2D eigenvalue weighted by molar-refractivity contribution is 5.78. The molecule has 2 aliphatic rings. The highest BCUT2D eigenvalue weighted by Crippen LogP contribution is 2.30. The van der Waals surface area contributed by atoms with Crippen LogP contribution in [0.4, 0.5) is 19.5 Å². The minimum atomic E-state index is -0.579. The number of nitriles is 1. The van der Waals surface area contributed by atoms with Gasteiger partial charge in [0.15, 0.2) is 11.6 Å². The second-order valence-electron chi connectivity index (χ2n) is 8.26. The van der Waals surface area contributed by atoms with Crippen LogP contribution in [0.25, 0.3) is 5.82 Å². The van der Waals surface area contributed by atoms with Crippen LogP contribution in [0.1, 0.15) is 29.3 Å². The lowest BCUT2D eigenvalue weighted by Gasteiger charge is -2.37. The molecule has 0 spiro atoms. The van der Waals surface area contributed by atoms with Crippen LogP contribution in [0, 0.1) is 29.9 Å². The largest absolute Gasteiger partial charge is 0.341 e. The van der Waals surface area contributed by atoms with E-state index in [1.165, 1.54) is 15.8 Å². The molecule has 1 atom stereocenters. The highest BCUT2D eigenvalue weighted by atomic mass is 19.1. The number of aromatic nitrogens is 4. The average Bonchev–Trinajstić information content (AvgIpc) is 3.53. The van der Waals surface area contributed by atoms with Gasteiger partial charge in [-0.15, -0.1) is 0 Å². The first-order chi connectivity index (χ1) is 16.9. The van der Waals surface area contributed by atoms with E-state index in [0.717, 1.165) is 18.0 Å². The van der Waals surface area contributed by atoms with Crippen molar-refractivity contribution in [3.05, 3.63) is 65.1 Å². The van der Waals surface area contributed by atoms with Crippen LogP contribution < -0.4 is 4.90 Å². The summed E-state index contributed by atoms with van der Waals surface area (Å²) in [5.74, 6) is -0.693. The van der Waals surface area contributed by atoms with Crippen LogP contribution in [0.2, 0.25) is 0 Å². The van der Waals surface area contributed by atoms with Crippen LogP contribution in [0.3, 0.4) is 0 Å². The molecular formula is C23H21F2N9O. The molecule has 0 unspecified atom stereocenters.